The van der Waals surface area contributed by atoms with E-state index in [2.05, 4.69) is 77.3 Å². The van der Waals surface area contributed by atoms with Crippen molar-refractivity contribution < 1.29 is 9.53 Å². The molecule has 0 saturated carbocycles. The lowest BCUT2D eigenvalue weighted by molar-refractivity contribution is -0.124. The van der Waals surface area contributed by atoms with Gasteiger partial charge in [0.1, 0.15) is 11.4 Å². The van der Waals surface area contributed by atoms with E-state index in [9.17, 15) is 4.79 Å². The molecule has 2 aliphatic rings. The van der Waals surface area contributed by atoms with E-state index < -0.39 is 5.66 Å². The van der Waals surface area contributed by atoms with E-state index >= 15 is 0 Å². The predicted octanol–water partition coefficient (Wildman–Crippen LogP) is 4.79. The number of hydrogen-bond acceptors (Lipinski definition) is 3. The van der Waals surface area contributed by atoms with Crippen molar-refractivity contribution in [2.24, 2.45) is 0 Å². The van der Waals surface area contributed by atoms with Crippen LogP contribution in [0.25, 0.3) is 6.08 Å². The number of rotatable bonds is 3. The third-order valence-corrected chi connectivity index (χ3v) is 6.58. The van der Waals surface area contributed by atoms with E-state index in [0.717, 1.165) is 15.8 Å². The molecule has 0 bridgehead atoms. The molecule has 1 amide bonds. The molecule has 1 atom stereocenters. The molecule has 0 radical (unpaired) electrons. The molecule has 0 aliphatic carbocycles. The third kappa shape index (κ3) is 2.75. The summed E-state index contributed by atoms with van der Waals surface area (Å²) >= 11 is 3.54. The first-order valence-corrected chi connectivity index (χ1v) is 10.3. The molecule has 0 unspecified atom stereocenters. The molecular formula is C23H25BrN2O2. The fourth-order valence-corrected chi connectivity index (χ4v) is 4.89. The van der Waals surface area contributed by atoms with Crippen LogP contribution in [0.15, 0.2) is 46.9 Å². The van der Waals surface area contributed by atoms with Gasteiger partial charge >= 0.3 is 0 Å². The summed E-state index contributed by atoms with van der Waals surface area (Å²) in [5.41, 5.74) is 3.74. The van der Waals surface area contributed by atoms with Gasteiger partial charge in [-0.1, -0.05) is 53.5 Å². The van der Waals surface area contributed by atoms with Gasteiger partial charge < -0.3 is 15.0 Å². The van der Waals surface area contributed by atoms with Gasteiger partial charge in [0.15, 0.2) is 0 Å². The number of fused-ring (bicyclic) bond motifs is 3. The molecule has 1 saturated heterocycles. The number of benzene rings is 2. The van der Waals surface area contributed by atoms with Crippen LogP contribution in [0.5, 0.6) is 5.75 Å². The van der Waals surface area contributed by atoms with Crippen molar-refractivity contribution in [2.45, 2.75) is 38.3 Å². The number of anilines is 1. The second kappa shape index (κ2) is 6.66. The van der Waals surface area contributed by atoms with E-state index in [1.807, 2.05) is 18.2 Å². The summed E-state index contributed by atoms with van der Waals surface area (Å²) in [6.45, 7) is 7.23. The third-order valence-electron chi connectivity index (χ3n) is 6.08. The molecule has 4 nitrogen and oxygen atoms in total. The van der Waals surface area contributed by atoms with Crippen molar-refractivity contribution in [1.29, 1.82) is 0 Å². The highest BCUT2D eigenvalue weighted by Crippen LogP contribution is 2.52. The largest absolute Gasteiger partial charge is 0.496 e. The minimum absolute atomic E-state index is 0.0831. The van der Waals surface area contributed by atoms with Crippen LogP contribution in [0, 0.1) is 6.92 Å². The number of nitrogens with one attached hydrogen (secondary N) is 1. The lowest BCUT2D eigenvalue weighted by Gasteiger charge is -2.49. The summed E-state index contributed by atoms with van der Waals surface area (Å²) in [5, 5.41) is 3.32. The highest BCUT2D eigenvalue weighted by atomic mass is 79.9. The van der Waals surface area contributed by atoms with Crippen LogP contribution in [0.3, 0.4) is 0 Å². The number of halogens is 1. The number of ether oxygens (including phenoxy) is 1. The zero-order valence-electron chi connectivity index (χ0n) is 16.7. The number of hydrogen-bond donors (Lipinski definition) is 1. The Kier molecular flexibility index (Phi) is 4.53. The fraction of sp³-hybridized carbons (Fsp3) is 0.348. The number of methoxy groups -OCH3 is 1. The summed E-state index contributed by atoms with van der Waals surface area (Å²) in [5.74, 6) is 0.883. The zero-order valence-corrected chi connectivity index (χ0v) is 18.3. The van der Waals surface area contributed by atoms with Crippen LogP contribution in [0.2, 0.25) is 0 Å². The van der Waals surface area contributed by atoms with Crippen LogP contribution in [-0.2, 0) is 10.2 Å². The molecule has 2 aliphatic heterocycles. The Morgan fingerprint density at radius 2 is 2.00 bits per heavy atom. The second-order valence-electron chi connectivity index (χ2n) is 8.08. The maximum atomic E-state index is 12.5. The molecule has 1 N–H and O–H groups in total. The van der Waals surface area contributed by atoms with Gasteiger partial charge in [-0.05, 0) is 42.8 Å². The number of aryl methyl sites for hydroxylation is 1. The van der Waals surface area contributed by atoms with Crippen molar-refractivity contribution in [3.63, 3.8) is 0 Å². The summed E-state index contributed by atoms with van der Waals surface area (Å²) in [7, 11) is 1.67. The number of carbonyl (C=O) groups is 1. The van der Waals surface area contributed by atoms with Crippen molar-refractivity contribution in [1.82, 2.24) is 5.32 Å². The van der Waals surface area contributed by atoms with Gasteiger partial charge in [0.25, 0.3) is 0 Å². The Hall–Kier alpha value is -2.27. The first kappa shape index (κ1) is 19.1. The Morgan fingerprint density at radius 1 is 1.21 bits per heavy atom. The van der Waals surface area contributed by atoms with Crippen molar-refractivity contribution >= 4 is 33.6 Å². The van der Waals surface area contributed by atoms with Gasteiger partial charge in [-0.3, -0.25) is 4.79 Å². The lowest BCUT2D eigenvalue weighted by atomic mass is 9.74. The van der Waals surface area contributed by atoms with E-state index in [1.54, 1.807) is 7.11 Å². The topological polar surface area (TPSA) is 41.6 Å². The Balaban J connectivity index is 1.87. The summed E-state index contributed by atoms with van der Waals surface area (Å²) < 4.78 is 6.51. The van der Waals surface area contributed by atoms with Gasteiger partial charge in [-0.15, -0.1) is 0 Å². The molecule has 2 aromatic carbocycles. The quantitative estimate of drug-likeness (QED) is 0.745. The van der Waals surface area contributed by atoms with E-state index in [4.69, 9.17) is 4.74 Å². The molecule has 0 spiro atoms. The summed E-state index contributed by atoms with van der Waals surface area (Å²) in [6.07, 6.45) is 4.69. The molecule has 2 heterocycles. The Morgan fingerprint density at radius 3 is 2.75 bits per heavy atom. The van der Waals surface area contributed by atoms with Crippen LogP contribution >= 0.6 is 15.9 Å². The van der Waals surface area contributed by atoms with Gasteiger partial charge in [0.2, 0.25) is 5.91 Å². The molecule has 0 aromatic heterocycles. The number of amides is 1. The van der Waals surface area contributed by atoms with E-state index in [0.29, 0.717) is 13.0 Å². The van der Waals surface area contributed by atoms with Crippen molar-refractivity contribution in [3.05, 3.63) is 63.6 Å². The van der Waals surface area contributed by atoms with Crippen LogP contribution in [0.4, 0.5) is 5.69 Å². The van der Waals surface area contributed by atoms with Gasteiger partial charge in [0, 0.05) is 34.1 Å². The van der Waals surface area contributed by atoms with Gasteiger partial charge in [0.05, 0.1) is 7.11 Å². The van der Waals surface area contributed by atoms with Crippen LogP contribution < -0.4 is 15.0 Å². The summed E-state index contributed by atoms with van der Waals surface area (Å²) in [4.78, 5) is 14.8. The number of carbonyl (C=O) groups excluding carboxylic acids is 1. The Bertz CT molecular complexity index is 983. The average Bonchev–Trinajstić information content (AvgIpc) is 2.84. The summed E-state index contributed by atoms with van der Waals surface area (Å²) in [6, 6.07) is 12.5. The SMILES string of the molecule is COc1ccc(Br)cc1/C=C/[C@]12NC(=O)CCN1c1ccc(C)cc1C2(C)C. The second-order valence-corrected chi connectivity index (χ2v) is 9.00. The van der Waals surface area contributed by atoms with Crippen LogP contribution in [0.1, 0.15) is 37.0 Å². The maximum absolute atomic E-state index is 12.5. The van der Waals surface area contributed by atoms with E-state index in [1.165, 1.54) is 16.8 Å². The van der Waals surface area contributed by atoms with Crippen molar-refractivity contribution in [2.75, 3.05) is 18.6 Å². The number of nitrogens with zero attached hydrogens (tertiary/aromatic N) is 1. The fourth-order valence-electron chi connectivity index (χ4n) is 4.51. The minimum Gasteiger partial charge on any atom is -0.496 e. The van der Waals surface area contributed by atoms with Crippen molar-refractivity contribution in [3.8, 4) is 5.75 Å². The van der Waals surface area contributed by atoms with Gasteiger partial charge in [-0.25, -0.2) is 0 Å². The molecule has 2 aromatic rings. The monoisotopic (exact) mass is 440 g/mol. The average molecular weight is 441 g/mol. The maximum Gasteiger partial charge on any atom is 0.223 e. The highest BCUT2D eigenvalue weighted by molar-refractivity contribution is 9.10. The molecule has 28 heavy (non-hydrogen) atoms. The zero-order chi connectivity index (χ0) is 20.1. The van der Waals surface area contributed by atoms with Gasteiger partial charge in [-0.2, -0.15) is 0 Å². The molecular weight excluding hydrogens is 416 g/mol. The smallest absolute Gasteiger partial charge is 0.223 e. The highest BCUT2D eigenvalue weighted by Gasteiger charge is 2.57. The molecule has 4 rings (SSSR count). The standard InChI is InChI=1S/C23H25BrN2O2/c1-15-5-7-19-18(13-15)22(2,3)23(25-21(27)10-12-26(19)23)11-9-16-14-17(24)6-8-20(16)28-4/h5-9,11,13-14H,10,12H2,1-4H3,(H,25,27)/b11-9+/t23-/m0/s1. The first-order valence-electron chi connectivity index (χ1n) is 9.51. The molecule has 5 heteroatoms. The van der Waals surface area contributed by atoms with Crippen LogP contribution in [-0.4, -0.2) is 25.2 Å². The normalized spacial score (nSPS) is 22.8. The van der Waals surface area contributed by atoms with E-state index in [-0.39, 0.29) is 11.3 Å². The predicted molar refractivity (Wildman–Crippen MR) is 117 cm³/mol. The Labute approximate surface area is 174 Å². The first-order chi connectivity index (χ1) is 13.3. The molecule has 1 fully saturated rings. The lowest BCUT2D eigenvalue weighted by Crippen LogP contribution is -2.68. The minimum atomic E-state index is -0.619. The molecule has 146 valence electrons.